The molecule has 1 heterocycles. The Morgan fingerprint density at radius 3 is 2.72 bits per heavy atom. The maximum atomic E-state index is 11.5. The summed E-state index contributed by atoms with van der Waals surface area (Å²) in [5.74, 6) is 0.610. The third-order valence-electron chi connectivity index (χ3n) is 2.52. The molecule has 0 fully saturated rings. The minimum absolute atomic E-state index is 0.132. The maximum absolute atomic E-state index is 11.5. The average molecular weight is 241 g/mol. The van der Waals surface area contributed by atoms with Crippen LogP contribution in [-0.4, -0.2) is 5.91 Å². The second kappa shape index (κ2) is 5.87. The number of aryl methyl sites for hydroxylation is 1. The highest BCUT2D eigenvalue weighted by Gasteiger charge is 1.98. The topological polar surface area (TPSA) is 42.2 Å². The fourth-order valence-corrected chi connectivity index (χ4v) is 1.50. The fraction of sp³-hybridized carbons (Fsp3) is 0.133. The smallest absolute Gasteiger partial charge is 0.244 e. The van der Waals surface area contributed by atoms with Crippen molar-refractivity contribution in [2.75, 3.05) is 0 Å². The van der Waals surface area contributed by atoms with Crippen molar-refractivity contribution in [3.05, 3.63) is 65.6 Å². The molecule has 18 heavy (non-hydrogen) atoms. The number of rotatable bonds is 4. The number of furan rings is 1. The molecule has 92 valence electrons. The molecule has 0 unspecified atom stereocenters. The standard InChI is InChI=1S/C15H15NO2/c1-12-4-6-13(7-5-12)8-9-15(17)16-11-14-3-2-10-18-14/h2-10H,11H2,1H3,(H,16,17)/b9-8+. The molecule has 0 bridgehead atoms. The Bertz CT molecular complexity index is 524. The van der Waals surface area contributed by atoms with Crippen LogP contribution in [0.5, 0.6) is 0 Å². The molecular weight excluding hydrogens is 226 g/mol. The van der Waals surface area contributed by atoms with Crippen LogP contribution in [0.25, 0.3) is 6.08 Å². The number of hydrogen-bond donors (Lipinski definition) is 1. The monoisotopic (exact) mass is 241 g/mol. The number of hydrogen-bond acceptors (Lipinski definition) is 2. The third kappa shape index (κ3) is 3.63. The van der Waals surface area contributed by atoms with E-state index in [1.165, 1.54) is 11.6 Å². The van der Waals surface area contributed by atoms with Gasteiger partial charge < -0.3 is 9.73 Å². The maximum Gasteiger partial charge on any atom is 0.244 e. The van der Waals surface area contributed by atoms with E-state index in [4.69, 9.17) is 4.42 Å². The van der Waals surface area contributed by atoms with Crippen LogP contribution < -0.4 is 5.32 Å². The van der Waals surface area contributed by atoms with Crippen molar-refractivity contribution in [2.45, 2.75) is 13.5 Å². The van der Waals surface area contributed by atoms with Crippen molar-refractivity contribution in [3.63, 3.8) is 0 Å². The van der Waals surface area contributed by atoms with E-state index in [2.05, 4.69) is 5.32 Å². The highest BCUT2D eigenvalue weighted by molar-refractivity contribution is 5.91. The summed E-state index contributed by atoms with van der Waals surface area (Å²) in [4.78, 5) is 11.5. The lowest BCUT2D eigenvalue weighted by atomic mass is 10.1. The van der Waals surface area contributed by atoms with Crippen LogP contribution in [0.15, 0.2) is 53.2 Å². The molecule has 0 aliphatic heterocycles. The summed E-state index contributed by atoms with van der Waals surface area (Å²) in [7, 11) is 0. The first-order valence-corrected chi connectivity index (χ1v) is 5.79. The van der Waals surface area contributed by atoms with Gasteiger partial charge in [0.15, 0.2) is 0 Å². The zero-order valence-electron chi connectivity index (χ0n) is 10.2. The summed E-state index contributed by atoms with van der Waals surface area (Å²) in [6.07, 6.45) is 4.90. The number of benzene rings is 1. The normalized spacial score (nSPS) is 10.7. The predicted molar refractivity (Wildman–Crippen MR) is 70.8 cm³/mol. The van der Waals surface area contributed by atoms with Gasteiger partial charge in [-0.2, -0.15) is 0 Å². The largest absolute Gasteiger partial charge is 0.467 e. The van der Waals surface area contributed by atoms with E-state index in [-0.39, 0.29) is 5.91 Å². The molecule has 2 aromatic rings. The van der Waals surface area contributed by atoms with Crippen molar-refractivity contribution in [3.8, 4) is 0 Å². The van der Waals surface area contributed by atoms with Gasteiger partial charge in [0, 0.05) is 6.08 Å². The lowest BCUT2D eigenvalue weighted by Gasteiger charge is -1.98. The molecule has 0 aliphatic rings. The molecule has 1 N–H and O–H groups in total. The molecule has 2 rings (SSSR count). The van der Waals surface area contributed by atoms with Crippen LogP contribution in [0.1, 0.15) is 16.9 Å². The zero-order chi connectivity index (χ0) is 12.8. The number of nitrogens with one attached hydrogen (secondary N) is 1. The Morgan fingerprint density at radius 2 is 2.06 bits per heavy atom. The van der Waals surface area contributed by atoms with Gasteiger partial charge in [-0.25, -0.2) is 0 Å². The summed E-state index contributed by atoms with van der Waals surface area (Å²) < 4.78 is 5.12. The summed E-state index contributed by atoms with van der Waals surface area (Å²) in [6.45, 7) is 2.44. The summed E-state index contributed by atoms with van der Waals surface area (Å²) >= 11 is 0. The minimum Gasteiger partial charge on any atom is -0.467 e. The SMILES string of the molecule is Cc1ccc(/C=C/C(=O)NCc2ccco2)cc1. The van der Waals surface area contributed by atoms with Crippen LogP contribution in [-0.2, 0) is 11.3 Å². The molecular formula is C15H15NO2. The molecule has 0 saturated carbocycles. The van der Waals surface area contributed by atoms with Gasteiger partial charge in [0.05, 0.1) is 12.8 Å². The van der Waals surface area contributed by atoms with E-state index in [1.807, 2.05) is 37.3 Å². The fourth-order valence-electron chi connectivity index (χ4n) is 1.50. The molecule has 0 aliphatic carbocycles. The number of amides is 1. The molecule has 0 atom stereocenters. The van der Waals surface area contributed by atoms with Gasteiger partial charge in [0.25, 0.3) is 0 Å². The van der Waals surface area contributed by atoms with Gasteiger partial charge in [-0.1, -0.05) is 29.8 Å². The molecule has 1 aromatic heterocycles. The van der Waals surface area contributed by atoms with E-state index < -0.39 is 0 Å². The van der Waals surface area contributed by atoms with E-state index in [0.29, 0.717) is 6.54 Å². The first-order valence-electron chi connectivity index (χ1n) is 5.79. The van der Waals surface area contributed by atoms with Crippen LogP contribution in [0, 0.1) is 6.92 Å². The Balaban J connectivity index is 1.85. The average Bonchev–Trinajstić information content (AvgIpc) is 2.89. The lowest BCUT2D eigenvalue weighted by Crippen LogP contribution is -2.19. The summed E-state index contributed by atoms with van der Waals surface area (Å²) in [5.41, 5.74) is 2.21. The van der Waals surface area contributed by atoms with E-state index >= 15 is 0 Å². The minimum atomic E-state index is -0.132. The van der Waals surface area contributed by atoms with Crippen molar-refractivity contribution >= 4 is 12.0 Å². The molecule has 1 aromatic carbocycles. The Hall–Kier alpha value is -2.29. The molecule has 1 amide bonds. The molecule has 0 radical (unpaired) electrons. The van der Waals surface area contributed by atoms with Gasteiger partial charge in [-0.05, 0) is 30.7 Å². The lowest BCUT2D eigenvalue weighted by molar-refractivity contribution is -0.116. The van der Waals surface area contributed by atoms with Crippen molar-refractivity contribution < 1.29 is 9.21 Å². The van der Waals surface area contributed by atoms with Gasteiger partial charge in [0.1, 0.15) is 5.76 Å². The van der Waals surface area contributed by atoms with Crippen LogP contribution >= 0.6 is 0 Å². The Kier molecular flexibility index (Phi) is 3.97. The van der Waals surface area contributed by atoms with E-state index in [9.17, 15) is 4.79 Å². The highest BCUT2D eigenvalue weighted by Crippen LogP contribution is 2.05. The highest BCUT2D eigenvalue weighted by atomic mass is 16.3. The summed E-state index contributed by atoms with van der Waals surface area (Å²) in [6, 6.07) is 11.6. The summed E-state index contributed by atoms with van der Waals surface area (Å²) in [5, 5.41) is 2.75. The molecule has 0 spiro atoms. The van der Waals surface area contributed by atoms with E-state index in [1.54, 1.807) is 18.4 Å². The molecule has 0 saturated heterocycles. The molecule has 3 nitrogen and oxygen atoms in total. The van der Waals surface area contributed by atoms with Crippen molar-refractivity contribution in [1.82, 2.24) is 5.32 Å². The Morgan fingerprint density at radius 1 is 1.28 bits per heavy atom. The van der Waals surface area contributed by atoms with Crippen LogP contribution in [0.2, 0.25) is 0 Å². The van der Waals surface area contributed by atoms with Gasteiger partial charge in [0.2, 0.25) is 5.91 Å². The van der Waals surface area contributed by atoms with E-state index in [0.717, 1.165) is 11.3 Å². The van der Waals surface area contributed by atoms with Gasteiger partial charge in [-0.15, -0.1) is 0 Å². The van der Waals surface area contributed by atoms with Gasteiger partial charge >= 0.3 is 0 Å². The second-order valence-electron chi connectivity index (χ2n) is 4.04. The van der Waals surface area contributed by atoms with Crippen molar-refractivity contribution in [2.24, 2.45) is 0 Å². The van der Waals surface area contributed by atoms with Crippen molar-refractivity contribution in [1.29, 1.82) is 0 Å². The second-order valence-corrected chi connectivity index (χ2v) is 4.04. The van der Waals surface area contributed by atoms with Crippen LogP contribution in [0.3, 0.4) is 0 Å². The van der Waals surface area contributed by atoms with Crippen LogP contribution in [0.4, 0.5) is 0 Å². The van der Waals surface area contributed by atoms with Gasteiger partial charge in [-0.3, -0.25) is 4.79 Å². The predicted octanol–water partition coefficient (Wildman–Crippen LogP) is 2.92. The first-order chi connectivity index (χ1) is 8.74. The zero-order valence-corrected chi connectivity index (χ0v) is 10.2. The molecule has 3 heteroatoms. The first kappa shape index (κ1) is 12.2. The number of carbonyl (C=O) groups is 1. The third-order valence-corrected chi connectivity index (χ3v) is 2.52. The quantitative estimate of drug-likeness (QED) is 0.836. The Labute approximate surface area is 106 Å². The number of carbonyl (C=O) groups excluding carboxylic acids is 1.